The Morgan fingerprint density at radius 2 is 2.06 bits per heavy atom. The molecule has 2 rings (SSSR count). The lowest BCUT2D eigenvalue weighted by Gasteiger charge is -2.18. The van der Waals surface area contributed by atoms with Gasteiger partial charge in [0.05, 0.1) is 23.1 Å². The van der Waals surface area contributed by atoms with E-state index in [0.29, 0.717) is 16.9 Å². The Morgan fingerprint density at radius 1 is 1.28 bits per heavy atom. The molecule has 0 radical (unpaired) electrons. The number of nitrogen functional groups attached to an aromatic ring is 1. The Morgan fingerprint density at radius 3 is 2.67 bits per heavy atom. The average Bonchev–Trinajstić information content (AvgIpc) is 2.38. The number of hydrogen-bond acceptors (Lipinski definition) is 4. The predicted octanol–water partition coefficient (Wildman–Crippen LogP) is 1.64. The van der Waals surface area contributed by atoms with Crippen LogP contribution in [0.2, 0.25) is 0 Å². The molecular weight excluding hydrogens is 228 g/mol. The third-order valence-electron chi connectivity index (χ3n) is 2.65. The fourth-order valence-corrected chi connectivity index (χ4v) is 1.60. The van der Waals surface area contributed by atoms with Gasteiger partial charge in [0, 0.05) is 25.1 Å². The highest BCUT2D eigenvalue weighted by molar-refractivity contribution is 6.06. The monoisotopic (exact) mass is 242 g/mol. The zero-order valence-electron chi connectivity index (χ0n) is 10.3. The highest BCUT2D eigenvalue weighted by Gasteiger charge is 2.15. The largest absolute Gasteiger partial charge is 0.396 e. The van der Waals surface area contributed by atoms with Gasteiger partial charge in [-0.05, 0) is 25.1 Å². The molecule has 0 bridgehead atoms. The Bertz CT molecular complexity index is 565. The van der Waals surface area contributed by atoms with E-state index in [2.05, 4.69) is 9.97 Å². The summed E-state index contributed by atoms with van der Waals surface area (Å²) in [4.78, 5) is 21.7. The van der Waals surface area contributed by atoms with Gasteiger partial charge in [-0.3, -0.25) is 14.8 Å². The van der Waals surface area contributed by atoms with Crippen LogP contribution in [0, 0.1) is 6.92 Å². The molecule has 0 atom stereocenters. The third-order valence-corrected chi connectivity index (χ3v) is 2.65. The van der Waals surface area contributed by atoms with E-state index in [1.165, 1.54) is 11.1 Å². The third kappa shape index (κ3) is 2.29. The zero-order chi connectivity index (χ0) is 13.1. The number of carbonyl (C=O) groups excluding carboxylic acids is 1. The molecule has 0 unspecified atom stereocenters. The van der Waals surface area contributed by atoms with Crippen molar-refractivity contribution in [1.29, 1.82) is 0 Å². The molecule has 0 aliphatic heterocycles. The van der Waals surface area contributed by atoms with Crippen LogP contribution >= 0.6 is 0 Å². The normalized spacial score (nSPS) is 10.1. The quantitative estimate of drug-likeness (QED) is 0.869. The van der Waals surface area contributed by atoms with Gasteiger partial charge in [0.25, 0.3) is 5.91 Å². The van der Waals surface area contributed by atoms with E-state index in [1.54, 1.807) is 37.6 Å². The van der Waals surface area contributed by atoms with Crippen LogP contribution in [0.3, 0.4) is 0 Å². The fourth-order valence-electron chi connectivity index (χ4n) is 1.60. The van der Waals surface area contributed by atoms with Gasteiger partial charge in [-0.25, -0.2) is 0 Å². The van der Waals surface area contributed by atoms with E-state index in [9.17, 15) is 4.79 Å². The average molecular weight is 242 g/mol. The van der Waals surface area contributed by atoms with Crippen LogP contribution < -0.4 is 10.6 Å². The van der Waals surface area contributed by atoms with Crippen LogP contribution in [-0.2, 0) is 0 Å². The number of aromatic nitrogens is 2. The summed E-state index contributed by atoms with van der Waals surface area (Å²) in [5.41, 5.74) is 8.29. The number of anilines is 2. The van der Waals surface area contributed by atoms with Gasteiger partial charge in [0.1, 0.15) is 0 Å². The Labute approximate surface area is 105 Å². The second-order valence-corrected chi connectivity index (χ2v) is 3.99. The van der Waals surface area contributed by atoms with Crippen molar-refractivity contribution in [3.05, 3.63) is 48.0 Å². The number of nitrogens with two attached hydrogens (primary N) is 1. The van der Waals surface area contributed by atoms with Crippen LogP contribution in [0.25, 0.3) is 0 Å². The summed E-state index contributed by atoms with van der Waals surface area (Å²) in [7, 11) is 1.67. The van der Waals surface area contributed by atoms with Crippen molar-refractivity contribution < 1.29 is 4.79 Å². The number of carbonyl (C=O) groups is 1. The van der Waals surface area contributed by atoms with E-state index < -0.39 is 0 Å². The van der Waals surface area contributed by atoms with Crippen molar-refractivity contribution in [3.63, 3.8) is 0 Å². The number of amides is 1. The van der Waals surface area contributed by atoms with Crippen LogP contribution in [0.5, 0.6) is 0 Å². The molecule has 18 heavy (non-hydrogen) atoms. The minimum atomic E-state index is -0.152. The molecule has 0 aromatic carbocycles. The molecule has 5 heteroatoms. The van der Waals surface area contributed by atoms with Gasteiger partial charge < -0.3 is 10.6 Å². The minimum Gasteiger partial charge on any atom is -0.396 e. The van der Waals surface area contributed by atoms with Crippen LogP contribution in [0.1, 0.15) is 16.1 Å². The smallest absolute Gasteiger partial charge is 0.259 e. The lowest BCUT2D eigenvalue weighted by atomic mass is 10.2. The predicted molar refractivity (Wildman–Crippen MR) is 70.4 cm³/mol. The number of aryl methyl sites for hydroxylation is 1. The summed E-state index contributed by atoms with van der Waals surface area (Å²) in [5, 5.41) is 0. The van der Waals surface area contributed by atoms with E-state index in [-0.39, 0.29) is 5.91 Å². The molecule has 0 spiro atoms. The molecule has 2 aromatic heterocycles. The van der Waals surface area contributed by atoms with Gasteiger partial charge in [-0.2, -0.15) is 0 Å². The van der Waals surface area contributed by atoms with E-state index >= 15 is 0 Å². The maximum absolute atomic E-state index is 12.2. The molecule has 0 saturated heterocycles. The van der Waals surface area contributed by atoms with Gasteiger partial charge in [-0.15, -0.1) is 0 Å². The van der Waals surface area contributed by atoms with E-state index in [1.807, 2.05) is 6.92 Å². The molecule has 0 aliphatic rings. The van der Waals surface area contributed by atoms with Crippen LogP contribution in [0.4, 0.5) is 11.4 Å². The molecule has 1 amide bonds. The first-order valence-corrected chi connectivity index (χ1v) is 5.50. The van der Waals surface area contributed by atoms with E-state index in [0.717, 1.165) is 5.69 Å². The van der Waals surface area contributed by atoms with Gasteiger partial charge in [-0.1, -0.05) is 0 Å². The number of pyridine rings is 2. The zero-order valence-corrected chi connectivity index (χ0v) is 10.3. The SMILES string of the molecule is Cc1ccc(C(=O)N(C)c2ccncc2N)cn1. The first-order valence-electron chi connectivity index (χ1n) is 5.50. The first-order chi connectivity index (χ1) is 8.59. The van der Waals surface area contributed by atoms with Crippen molar-refractivity contribution in [3.8, 4) is 0 Å². The minimum absolute atomic E-state index is 0.152. The second kappa shape index (κ2) is 4.83. The highest BCUT2D eigenvalue weighted by Crippen LogP contribution is 2.21. The molecule has 0 aliphatic carbocycles. The maximum Gasteiger partial charge on any atom is 0.259 e. The maximum atomic E-state index is 12.2. The van der Waals surface area contributed by atoms with Crippen LogP contribution in [0.15, 0.2) is 36.8 Å². The van der Waals surface area contributed by atoms with E-state index in [4.69, 9.17) is 5.73 Å². The molecular formula is C13H14N4O. The summed E-state index contributed by atoms with van der Waals surface area (Å²) in [6.07, 6.45) is 4.68. The summed E-state index contributed by atoms with van der Waals surface area (Å²) < 4.78 is 0. The highest BCUT2D eigenvalue weighted by atomic mass is 16.2. The van der Waals surface area contributed by atoms with Crippen molar-refractivity contribution >= 4 is 17.3 Å². The molecule has 2 heterocycles. The van der Waals surface area contributed by atoms with Gasteiger partial charge >= 0.3 is 0 Å². The summed E-state index contributed by atoms with van der Waals surface area (Å²) >= 11 is 0. The van der Waals surface area contributed by atoms with Crippen molar-refractivity contribution in [2.24, 2.45) is 0 Å². The Balaban J connectivity index is 2.29. The molecule has 2 N–H and O–H groups in total. The summed E-state index contributed by atoms with van der Waals surface area (Å²) in [6.45, 7) is 1.87. The topological polar surface area (TPSA) is 72.1 Å². The van der Waals surface area contributed by atoms with Gasteiger partial charge in [0.2, 0.25) is 0 Å². The molecule has 2 aromatic rings. The number of nitrogens with zero attached hydrogens (tertiary/aromatic N) is 3. The summed E-state index contributed by atoms with van der Waals surface area (Å²) in [6, 6.07) is 5.25. The number of hydrogen-bond donors (Lipinski definition) is 1. The second-order valence-electron chi connectivity index (χ2n) is 3.99. The molecule has 0 fully saturated rings. The van der Waals surface area contributed by atoms with Crippen LogP contribution in [-0.4, -0.2) is 22.9 Å². The molecule has 5 nitrogen and oxygen atoms in total. The first kappa shape index (κ1) is 12.0. The Hall–Kier alpha value is -2.43. The van der Waals surface area contributed by atoms with Crippen molar-refractivity contribution in [2.45, 2.75) is 6.92 Å². The number of rotatable bonds is 2. The lowest BCUT2D eigenvalue weighted by molar-refractivity contribution is 0.0992. The lowest BCUT2D eigenvalue weighted by Crippen LogP contribution is -2.27. The molecule has 92 valence electrons. The van der Waals surface area contributed by atoms with Crippen molar-refractivity contribution in [2.75, 3.05) is 17.7 Å². The standard InChI is InChI=1S/C13H14N4O/c1-9-3-4-10(7-16-9)13(18)17(2)12-5-6-15-8-11(12)14/h3-8H,14H2,1-2H3. The van der Waals surface area contributed by atoms with Gasteiger partial charge in [0.15, 0.2) is 0 Å². The molecule has 0 saturated carbocycles. The summed E-state index contributed by atoms with van der Waals surface area (Å²) in [5.74, 6) is -0.152. The fraction of sp³-hybridized carbons (Fsp3) is 0.154. The Kier molecular flexibility index (Phi) is 3.23. The van der Waals surface area contributed by atoms with Crippen molar-refractivity contribution in [1.82, 2.24) is 9.97 Å².